The van der Waals surface area contributed by atoms with Crippen molar-refractivity contribution in [1.82, 2.24) is 5.32 Å². The highest BCUT2D eigenvalue weighted by Crippen LogP contribution is 2.39. The van der Waals surface area contributed by atoms with E-state index in [-0.39, 0.29) is 5.60 Å². The summed E-state index contributed by atoms with van der Waals surface area (Å²) in [7, 11) is 1.88. The maximum Gasteiger partial charge on any atom is 0.0834 e. The molecule has 0 bridgehead atoms. The molecule has 118 valence electrons. The molecule has 2 heteroatoms. The third-order valence-electron chi connectivity index (χ3n) is 5.13. The zero-order valence-electron chi connectivity index (χ0n) is 14.4. The number of aryl methyl sites for hydroxylation is 3. The van der Waals surface area contributed by atoms with Crippen molar-refractivity contribution in [2.24, 2.45) is 0 Å². The molecule has 1 aromatic rings. The zero-order chi connectivity index (χ0) is 15.5. The maximum absolute atomic E-state index is 5.95. The third-order valence-corrected chi connectivity index (χ3v) is 5.13. The lowest BCUT2D eigenvalue weighted by atomic mass is 9.72. The van der Waals surface area contributed by atoms with E-state index in [0.29, 0.717) is 6.04 Å². The Morgan fingerprint density at radius 1 is 1.19 bits per heavy atom. The Hall–Kier alpha value is -0.860. The summed E-state index contributed by atoms with van der Waals surface area (Å²) in [6.07, 6.45) is 5.92. The van der Waals surface area contributed by atoms with Crippen LogP contribution >= 0.6 is 0 Å². The molecule has 0 spiro atoms. The standard InChI is InChI=1S/C19H31NO/c1-6-10-20-18(19(21-5)8-7-9-19)13-17-15(3)11-14(2)12-16(17)4/h11-12,18,20H,6-10,13H2,1-5H3. The van der Waals surface area contributed by atoms with E-state index in [4.69, 9.17) is 4.74 Å². The minimum absolute atomic E-state index is 0.0545. The van der Waals surface area contributed by atoms with Crippen LogP contribution in [-0.2, 0) is 11.2 Å². The number of rotatable bonds is 7. The van der Waals surface area contributed by atoms with Crippen molar-refractivity contribution >= 4 is 0 Å². The van der Waals surface area contributed by atoms with Gasteiger partial charge in [0.2, 0.25) is 0 Å². The predicted octanol–water partition coefficient (Wildman–Crippen LogP) is 4.09. The van der Waals surface area contributed by atoms with Gasteiger partial charge in [-0.3, -0.25) is 0 Å². The van der Waals surface area contributed by atoms with Crippen molar-refractivity contribution in [1.29, 1.82) is 0 Å². The van der Waals surface area contributed by atoms with Crippen LogP contribution in [0.2, 0.25) is 0 Å². The summed E-state index contributed by atoms with van der Waals surface area (Å²) in [5.41, 5.74) is 5.75. The highest BCUT2D eigenvalue weighted by molar-refractivity contribution is 5.38. The Labute approximate surface area is 130 Å². The monoisotopic (exact) mass is 289 g/mol. The molecule has 1 saturated carbocycles. The number of methoxy groups -OCH3 is 1. The molecule has 1 aromatic carbocycles. The molecule has 1 aliphatic rings. The van der Waals surface area contributed by atoms with Crippen LogP contribution in [0.3, 0.4) is 0 Å². The van der Waals surface area contributed by atoms with Crippen molar-refractivity contribution in [3.63, 3.8) is 0 Å². The van der Waals surface area contributed by atoms with Crippen molar-refractivity contribution < 1.29 is 4.74 Å². The molecule has 1 N–H and O–H groups in total. The Morgan fingerprint density at radius 2 is 1.81 bits per heavy atom. The maximum atomic E-state index is 5.95. The molecule has 1 atom stereocenters. The minimum Gasteiger partial charge on any atom is -0.377 e. The summed E-state index contributed by atoms with van der Waals surface area (Å²) >= 11 is 0. The van der Waals surface area contributed by atoms with Gasteiger partial charge in [-0.2, -0.15) is 0 Å². The summed E-state index contributed by atoms with van der Waals surface area (Å²) < 4.78 is 5.95. The molecule has 1 unspecified atom stereocenters. The van der Waals surface area contributed by atoms with Gasteiger partial charge in [0.15, 0.2) is 0 Å². The second-order valence-electron chi connectivity index (χ2n) is 6.71. The molecule has 0 saturated heterocycles. The van der Waals surface area contributed by atoms with Crippen LogP contribution in [0.15, 0.2) is 12.1 Å². The van der Waals surface area contributed by atoms with E-state index < -0.39 is 0 Å². The lowest BCUT2D eigenvalue weighted by Crippen LogP contribution is -2.57. The molecular formula is C19H31NO. The van der Waals surface area contributed by atoms with Gasteiger partial charge in [0.1, 0.15) is 0 Å². The molecule has 1 fully saturated rings. The van der Waals surface area contributed by atoms with Gasteiger partial charge in [-0.05, 0) is 76.1 Å². The number of hydrogen-bond donors (Lipinski definition) is 1. The molecule has 2 rings (SSSR count). The fraction of sp³-hybridized carbons (Fsp3) is 0.684. The van der Waals surface area contributed by atoms with Crippen LogP contribution in [0.25, 0.3) is 0 Å². The van der Waals surface area contributed by atoms with Crippen LogP contribution in [0, 0.1) is 20.8 Å². The van der Waals surface area contributed by atoms with E-state index in [0.717, 1.165) is 13.0 Å². The topological polar surface area (TPSA) is 21.3 Å². The lowest BCUT2D eigenvalue weighted by molar-refractivity contribution is -0.0981. The average Bonchev–Trinajstić information content (AvgIpc) is 2.38. The molecule has 2 nitrogen and oxygen atoms in total. The van der Waals surface area contributed by atoms with Gasteiger partial charge in [0, 0.05) is 13.2 Å². The summed E-state index contributed by atoms with van der Waals surface area (Å²) in [6, 6.07) is 5.04. The van der Waals surface area contributed by atoms with E-state index in [2.05, 4.69) is 45.1 Å². The number of ether oxygens (including phenoxy) is 1. The molecule has 0 radical (unpaired) electrons. The van der Waals surface area contributed by atoms with Gasteiger partial charge in [-0.15, -0.1) is 0 Å². The Bertz CT molecular complexity index is 448. The lowest BCUT2D eigenvalue weighted by Gasteiger charge is -2.47. The molecule has 0 amide bonds. The van der Waals surface area contributed by atoms with Crippen molar-refractivity contribution in [3.05, 3.63) is 34.4 Å². The van der Waals surface area contributed by atoms with Gasteiger partial charge in [0.05, 0.1) is 5.60 Å². The van der Waals surface area contributed by atoms with E-state index in [9.17, 15) is 0 Å². The molecule has 21 heavy (non-hydrogen) atoms. The first-order valence-corrected chi connectivity index (χ1v) is 8.37. The second-order valence-corrected chi connectivity index (χ2v) is 6.71. The van der Waals surface area contributed by atoms with Gasteiger partial charge < -0.3 is 10.1 Å². The first-order chi connectivity index (χ1) is 10.0. The summed E-state index contributed by atoms with van der Waals surface area (Å²) in [5, 5.41) is 3.76. The van der Waals surface area contributed by atoms with Gasteiger partial charge in [-0.25, -0.2) is 0 Å². The van der Waals surface area contributed by atoms with Gasteiger partial charge in [-0.1, -0.05) is 24.6 Å². The summed E-state index contributed by atoms with van der Waals surface area (Å²) in [4.78, 5) is 0. The summed E-state index contributed by atoms with van der Waals surface area (Å²) in [6.45, 7) is 9.96. The largest absolute Gasteiger partial charge is 0.377 e. The minimum atomic E-state index is 0.0545. The van der Waals surface area contributed by atoms with Crippen molar-refractivity contribution in [2.45, 2.75) is 71.4 Å². The molecule has 0 aromatic heterocycles. The van der Waals surface area contributed by atoms with E-state index >= 15 is 0 Å². The van der Waals surface area contributed by atoms with Crippen LogP contribution in [0.1, 0.15) is 54.9 Å². The van der Waals surface area contributed by atoms with Gasteiger partial charge >= 0.3 is 0 Å². The van der Waals surface area contributed by atoms with Crippen molar-refractivity contribution in [2.75, 3.05) is 13.7 Å². The first-order valence-electron chi connectivity index (χ1n) is 8.37. The molecular weight excluding hydrogens is 258 g/mol. The van der Waals surface area contributed by atoms with Gasteiger partial charge in [0.25, 0.3) is 0 Å². The third kappa shape index (κ3) is 3.49. The normalized spacial score (nSPS) is 18.3. The van der Waals surface area contributed by atoms with Crippen LogP contribution < -0.4 is 5.32 Å². The first kappa shape index (κ1) is 16.5. The number of nitrogens with one attached hydrogen (secondary N) is 1. The number of benzene rings is 1. The van der Waals surface area contributed by atoms with E-state index in [1.807, 2.05) is 7.11 Å². The SMILES string of the molecule is CCCNC(Cc1c(C)cc(C)cc1C)C1(OC)CCC1. The molecule has 0 heterocycles. The fourth-order valence-electron chi connectivity index (χ4n) is 3.72. The Morgan fingerprint density at radius 3 is 2.24 bits per heavy atom. The number of hydrogen-bond acceptors (Lipinski definition) is 2. The Kier molecular flexibility index (Phi) is 5.45. The fourth-order valence-corrected chi connectivity index (χ4v) is 3.72. The molecule has 0 aliphatic heterocycles. The van der Waals surface area contributed by atoms with E-state index in [1.165, 1.54) is 47.9 Å². The van der Waals surface area contributed by atoms with E-state index in [1.54, 1.807) is 0 Å². The Balaban J connectivity index is 2.23. The quantitative estimate of drug-likeness (QED) is 0.816. The second kappa shape index (κ2) is 6.93. The average molecular weight is 289 g/mol. The summed E-state index contributed by atoms with van der Waals surface area (Å²) in [5.74, 6) is 0. The predicted molar refractivity (Wildman–Crippen MR) is 90.0 cm³/mol. The van der Waals surface area contributed by atoms with Crippen LogP contribution in [-0.4, -0.2) is 25.3 Å². The molecule has 1 aliphatic carbocycles. The van der Waals surface area contributed by atoms with Crippen LogP contribution in [0.5, 0.6) is 0 Å². The van der Waals surface area contributed by atoms with Crippen molar-refractivity contribution in [3.8, 4) is 0 Å². The van der Waals surface area contributed by atoms with Crippen LogP contribution in [0.4, 0.5) is 0 Å². The highest BCUT2D eigenvalue weighted by Gasteiger charge is 2.44. The zero-order valence-corrected chi connectivity index (χ0v) is 14.4. The highest BCUT2D eigenvalue weighted by atomic mass is 16.5. The smallest absolute Gasteiger partial charge is 0.0834 e.